The molecule has 0 bridgehead atoms. The van der Waals surface area contributed by atoms with E-state index in [1.807, 2.05) is 16.9 Å². The number of nitrogens with zero attached hydrogens (tertiary/aromatic N) is 3. The lowest BCUT2D eigenvalue weighted by atomic mass is 10.2. The highest BCUT2D eigenvalue weighted by Gasteiger charge is 2.01. The van der Waals surface area contributed by atoms with Crippen LogP contribution in [-0.4, -0.2) is 28.3 Å². The molecule has 2 aromatic rings. The zero-order valence-electron chi connectivity index (χ0n) is 11.1. The lowest BCUT2D eigenvalue weighted by Crippen LogP contribution is -2.20. The summed E-state index contributed by atoms with van der Waals surface area (Å²) < 4.78 is 3.01. The first-order valence-electron chi connectivity index (χ1n) is 6.35. The van der Waals surface area contributed by atoms with Gasteiger partial charge in [-0.25, -0.2) is 0 Å². The van der Waals surface area contributed by atoms with Gasteiger partial charge in [-0.05, 0) is 43.8 Å². The van der Waals surface area contributed by atoms with E-state index in [1.54, 1.807) is 0 Å². The van der Waals surface area contributed by atoms with Gasteiger partial charge in [-0.2, -0.15) is 5.10 Å². The van der Waals surface area contributed by atoms with Crippen LogP contribution in [0.15, 0.2) is 41.0 Å². The van der Waals surface area contributed by atoms with Gasteiger partial charge in [-0.3, -0.25) is 4.68 Å². The quantitative estimate of drug-likeness (QED) is 0.889. The summed E-state index contributed by atoms with van der Waals surface area (Å²) in [6.45, 7) is 2.91. The molecule has 1 heterocycles. The number of halogens is 1. The monoisotopic (exact) mass is 322 g/mol. The van der Waals surface area contributed by atoms with Crippen LogP contribution >= 0.6 is 15.9 Å². The van der Waals surface area contributed by atoms with Crippen LogP contribution in [0.25, 0.3) is 0 Å². The molecule has 0 radical (unpaired) electrons. The number of benzene rings is 1. The predicted molar refractivity (Wildman–Crippen MR) is 81.7 cm³/mol. The van der Waals surface area contributed by atoms with E-state index in [1.165, 1.54) is 5.56 Å². The lowest BCUT2D eigenvalue weighted by Gasteiger charge is -2.16. The molecule has 0 saturated heterocycles. The lowest BCUT2D eigenvalue weighted by molar-refractivity contribution is 0.311. The van der Waals surface area contributed by atoms with Crippen LogP contribution in [0.4, 0.5) is 5.82 Å². The Labute approximate surface area is 122 Å². The number of hydrogen-bond acceptors (Lipinski definition) is 3. The van der Waals surface area contributed by atoms with Crippen molar-refractivity contribution in [1.29, 1.82) is 0 Å². The molecule has 102 valence electrons. The molecule has 0 saturated carbocycles. The molecule has 4 nitrogen and oxygen atoms in total. The molecule has 2 N–H and O–H groups in total. The van der Waals surface area contributed by atoms with Gasteiger partial charge in [-0.1, -0.05) is 28.1 Å². The van der Waals surface area contributed by atoms with Crippen LogP contribution in [0.2, 0.25) is 0 Å². The Hall–Kier alpha value is -1.33. The predicted octanol–water partition coefficient (Wildman–Crippen LogP) is 2.75. The van der Waals surface area contributed by atoms with Gasteiger partial charge >= 0.3 is 0 Å². The molecular weight excluding hydrogens is 304 g/mol. The minimum Gasteiger partial charge on any atom is -0.382 e. The van der Waals surface area contributed by atoms with Gasteiger partial charge in [0.1, 0.15) is 5.82 Å². The minimum atomic E-state index is 0.586. The van der Waals surface area contributed by atoms with E-state index in [-0.39, 0.29) is 0 Å². The summed E-state index contributed by atoms with van der Waals surface area (Å²) in [5.74, 6) is 0.586. The standard InChI is InChI=1S/C14H19BrN4/c1-18(11-12-3-5-13(15)6-4-12)8-2-9-19-10-7-14(16)17-19/h3-7,10H,2,8-9,11H2,1H3,(H2,16,17). The molecule has 0 aliphatic heterocycles. The molecule has 0 unspecified atom stereocenters. The maximum absolute atomic E-state index is 5.58. The van der Waals surface area contributed by atoms with Crippen molar-refractivity contribution in [3.05, 3.63) is 46.6 Å². The summed E-state index contributed by atoms with van der Waals surface area (Å²) in [5, 5.41) is 4.17. The average molecular weight is 323 g/mol. The molecule has 19 heavy (non-hydrogen) atoms. The zero-order valence-corrected chi connectivity index (χ0v) is 12.7. The van der Waals surface area contributed by atoms with E-state index in [9.17, 15) is 0 Å². The molecule has 1 aromatic carbocycles. The molecular formula is C14H19BrN4. The Morgan fingerprint density at radius 1 is 1.26 bits per heavy atom. The third kappa shape index (κ3) is 4.69. The number of aromatic nitrogens is 2. The summed E-state index contributed by atoms with van der Waals surface area (Å²) in [6, 6.07) is 10.3. The van der Waals surface area contributed by atoms with Crippen molar-refractivity contribution in [2.45, 2.75) is 19.5 Å². The van der Waals surface area contributed by atoms with Gasteiger partial charge in [0.15, 0.2) is 0 Å². The van der Waals surface area contributed by atoms with Crippen molar-refractivity contribution in [2.75, 3.05) is 19.3 Å². The molecule has 0 atom stereocenters. The molecule has 0 aliphatic rings. The third-order valence-corrected chi connectivity index (χ3v) is 3.48. The van der Waals surface area contributed by atoms with Crippen LogP contribution in [0, 0.1) is 0 Å². The highest BCUT2D eigenvalue weighted by molar-refractivity contribution is 9.10. The van der Waals surface area contributed by atoms with Gasteiger partial charge in [0.25, 0.3) is 0 Å². The van der Waals surface area contributed by atoms with E-state index in [4.69, 9.17) is 5.73 Å². The fourth-order valence-corrected chi connectivity index (χ4v) is 2.25. The molecule has 0 amide bonds. The van der Waals surface area contributed by atoms with Gasteiger partial charge in [-0.15, -0.1) is 0 Å². The Kier molecular flexibility index (Phi) is 4.99. The fraction of sp³-hybridized carbons (Fsp3) is 0.357. The summed E-state index contributed by atoms with van der Waals surface area (Å²) in [4.78, 5) is 2.32. The van der Waals surface area contributed by atoms with Crippen LogP contribution in [-0.2, 0) is 13.1 Å². The van der Waals surface area contributed by atoms with E-state index in [0.29, 0.717) is 5.82 Å². The molecule has 0 fully saturated rings. The molecule has 2 rings (SSSR count). The Balaban J connectivity index is 1.72. The Morgan fingerprint density at radius 3 is 2.63 bits per heavy atom. The van der Waals surface area contributed by atoms with Crippen LogP contribution in [0.5, 0.6) is 0 Å². The first kappa shape index (κ1) is 14.1. The maximum Gasteiger partial charge on any atom is 0.145 e. The van der Waals surface area contributed by atoms with Gasteiger partial charge in [0.2, 0.25) is 0 Å². The second-order valence-electron chi connectivity index (χ2n) is 4.72. The first-order valence-corrected chi connectivity index (χ1v) is 7.15. The van der Waals surface area contributed by atoms with Crippen LogP contribution in [0.3, 0.4) is 0 Å². The summed E-state index contributed by atoms with van der Waals surface area (Å²) >= 11 is 3.45. The van der Waals surface area contributed by atoms with E-state index in [2.05, 4.69) is 57.2 Å². The van der Waals surface area contributed by atoms with Gasteiger partial charge in [0.05, 0.1) is 0 Å². The van der Waals surface area contributed by atoms with Crippen LogP contribution in [0.1, 0.15) is 12.0 Å². The van der Waals surface area contributed by atoms with E-state index in [0.717, 1.165) is 30.5 Å². The van der Waals surface area contributed by atoms with E-state index >= 15 is 0 Å². The fourth-order valence-electron chi connectivity index (χ4n) is 1.99. The van der Waals surface area contributed by atoms with Crippen molar-refractivity contribution in [2.24, 2.45) is 0 Å². The molecule has 1 aromatic heterocycles. The smallest absolute Gasteiger partial charge is 0.145 e. The number of aryl methyl sites for hydroxylation is 1. The summed E-state index contributed by atoms with van der Waals surface area (Å²) in [5.41, 5.74) is 6.91. The SMILES string of the molecule is CN(CCCn1ccc(N)n1)Cc1ccc(Br)cc1. The van der Waals surface area contributed by atoms with Crippen molar-refractivity contribution < 1.29 is 0 Å². The Bertz CT molecular complexity index is 506. The third-order valence-electron chi connectivity index (χ3n) is 2.95. The number of nitrogen functional groups attached to an aromatic ring is 1. The summed E-state index contributed by atoms with van der Waals surface area (Å²) in [7, 11) is 2.14. The number of anilines is 1. The normalized spacial score (nSPS) is 11.1. The Morgan fingerprint density at radius 2 is 2.00 bits per heavy atom. The second kappa shape index (κ2) is 6.73. The second-order valence-corrected chi connectivity index (χ2v) is 5.64. The maximum atomic E-state index is 5.58. The highest BCUT2D eigenvalue weighted by atomic mass is 79.9. The van der Waals surface area contributed by atoms with Crippen molar-refractivity contribution >= 4 is 21.7 Å². The number of nitrogens with two attached hydrogens (primary N) is 1. The average Bonchev–Trinajstić information content (AvgIpc) is 2.78. The molecule has 0 aliphatic carbocycles. The van der Waals surface area contributed by atoms with Gasteiger partial charge in [0, 0.05) is 23.8 Å². The van der Waals surface area contributed by atoms with Crippen LogP contribution < -0.4 is 5.73 Å². The highest BCUT2D eigenvalue weighted by Crippen LogP contribution is 2.11. The van der Waals surface area contributed by atoms with Crippen molar-refractivity contribution in [3.63, 3.8) is 0 Å². The van der Waals surface area contributed by atoms with E-state index < -0.39 is 0 Å². The number of hydrogen-bond donors (Lipinski definition) is 1. The molecule has 0 spiro atoms. The first-order chi connectivity index (χ1) is 9.13. The largest absolute Gasteiger partial charge is 0.382 e. The van der Waals surface area contributed by atoms with Crippen molar-refractivity contribution in [1.82, 2.24) is 14.7 Å². The zero-order chi connectivity index (χ0) is 13.7. The number of rotatable bonds is 6. The summed E-state index contributed by atoms with van der Waals surface area (Å²) in [6.07, 6.45) is 2.98. The minimum absolute atomic E-state index is 0.586. The molecule has 5 heteroatoms. The topological polar surface area (TPSA) is 47.1 Å². The van der Waals surface area contributed by atoms with Crippen molar-refractivity contribution in [3.8, 4) is 0 Å². The van der Waals surface area contributed by atoms with Gasteiger partial charge < -0.3 is 10.6 Å².